The molecule has 1 aromatic rings. The van der Waals surface area contributed by atoms with Crippen LogP contribution in [0.2, 0.25) is 0 Å². The van der Waals surface area contributed by atoms with E-state index in [1.165, 1.54) is 12.2 Å². The Balaban J connectivity index is 3.32. The average molecular weight is 202 g/mol. The van der Waals surface area contributed by atoms with E-state index in [1.807, 2.05) is 13.8 Å². The largest absolute Gasteiger partial charge is 0.240 e. The Morgan fingerprint density at radius 3 is 2.33 bits per heavy atom. The number of isocyanates is 2. The van der Waals surface area contributed by atoms with E-state index < -0.39 is 0 Å². The fourth-order valence-electron chi connectivity index (χ4n) is 1.28. The van der Waals surface area contributed by atoms with Crippen LogP contribution in [-0.4, -0.2) is 12.2 Å². The van der Waals surface area contributed by atoms with Crippen LogP contribution in [0.25, 0.3) is 0 Å². The minimum atomic E-state index is 0.193. The normalized spacial score (nSPS) is 9.27. The number of nitrogens with zero attached hydrogens (tertiary/aromatic N) is 2. The molecular formula is C11H10N2O2. The first-order valence-corrected chi connectivity index (χ1v) is 4.48. The van der Waals surface area contributed by atoms with Crippen molar-refractivity contribution in [1.82, 2.24) is 0 Å². The van der Waals surface area contributed by atoms with Crippen LogP contribution < -0.4 is 0 Å². The summed E-state index contributed by atoms with van der Waals surface area (Å²) in [7, 11) is 0. The molecule has 0 aliphatic carbocycles. The Hall–Kier alpha value is -2.02. The maximum absolute atomic E-state index is 10.2. The lowest BCUT2D eigenvalue weighted by Gasteiger charge is -2.08. The van der Waals surface area contributed by atoms with Gasteiger partial charge < -0.3 is 0 Å². The van der Waals surface area contributed by atoms with E-state index in [9.17, 15) is 9.59 Å². The van der Waals surface area contributed by atoms with Gasteiger partial charge in [-0.3, -0.25) is 0 Å². The smallest absolute Gasteiger partial charge is 0.211 e. The van der Waals surface area contributed by atoms with E-state index in [0.29, 0.717) is 11.4 Å². The highest BCUT2D eigenvalue weighted by molar-refractivity contribution is 5.61. The summed E-state index contributed by atoms with van der Waals surface area (Å²) in [6, 6.07) is 4.95. The fourth-order valence-corrected chi connectivity index (χ4v) is 1.28. The van der Waals surface area contributed by atoms with Crippen molar-refractivity contribution in [3.8, 4) is 0 Å². The summed E-state index contributed by atoms with van der Waals surface area (Å²) >= 11 is 0. The van der Waals surface area contributed by atoms with E-state index in [4.69, 9.17) is 0 Å². The third kappa shape index (κ3) is 2.71. The fraction of sp³-hybridized carbons (Fsp3) is 0.273. The molecule has 0 spiro atoms. The van der Waals surface area contributed by atoms with Crippen molar-refractivity contribution < 1.29 is 9.59 Å². The molecule has 0 aromatic heterocycles. The maximum Gasteiger partial charge on any atom is 0.240 e. The number of aliphatic imine (C=N–C) groups is 2. The number of hydrogen-bond acceptors (Lipinski definition) is 4. The average Bonchev–Trinajstić information content (AvgIpc) is 2.21. The van der Waals surface area contributed by atoms with Crippen molar-refractivity contribution in [3.05, 3.63) is 23.8 Å². The molecule has 0 saturated carbocycles. The molecule has 0 amide bonds. The van der Waals surface area contributed by atoms with Crippen LogP contribution in [0.3, 0.4) is 0 Å². The molecule has 0 fully saturated rings. The van der Waals surface area contributed by atoms with Gasteiger partial charge in [-0.1, -0.05) is 13.8 Å². The molecular weight excluding hydrogens is 192 g/mol. The second-order valence-electron chi connectivity index (χ2n) is 3.30. The van der Waals surface area contributed by atoms with Crippen LogP contribution in [0, 0.1) is 0 Å². The van der Waals surface area contributed by atoms with Gasteiger partial charge in [0.1, 0.15) is 0 Å². The van der Waals surface area contributed by atoms with Gasteiger partial charge in [0.25, 0.3) is 0 Å². The molecule has 0 heterocycles. The molecule has 76 valence electrons. The molecule has 0 unspecified atom stereocenters. The van der Waals surface area contributed by atoms with Gasteiger partial charge in [-0.15, -0.1) is 0 Å². The molecule has 15 heavy (non-hydrogen) atoms. The van der Waals surface area contributed by atoms with E-state index in [2.05, 4.69) is 9.98 Å². The molecule has 1 rings (SSSR count). The minimum absolute atomic E-state index is 0.193. The predicted molar refractivity (Wildman–Crippen MR) is 56.1 cm³/mol. The summed E-state index contributed by atoms with van der Waals surface area (Å²) in [5.74, 6) is 0.193. The molecule has 0 saturated heterocycles. The van der Waals surface area contributed by atoms with Gasteiger partial charge in [0.05, 0.1) is 11.4 Å². The molecule has 0 aliphatic rings. The topological polar surface area (TPSA) is 58.9 Å². The van der Waals surface area contributed by atoms with Crippen LogP contribution in [0.4, 0.5) is 11.4 Å². The predicted octanol–water partition coefficient (Wildman–Crippen LogP) is 2.74. The first-order chi connectivity index (χ1) is 7.19. The Bertz CT molecular complexity index is 454. The van der Waals surface area contributed by atoms with Gasteiger partial charge in [-0.05, 0) is 29.7 Å². The number of rotatable bonds is 3. The standard InChI is InChI=1S/C11H10N2O2/c1-8(2)10-5-9(12-6-14)3-4-11(10)13-7-15/h3-5,8H,1-2H3. The summed E-state index contributed by atoms with van der Waals surface area (Å²) in [6.07, 6.45) is 2.97. The summed E-state index contributed by atoms with van der Waals surface area (Å²) in [4.78, 5) is 27.4. The second-order valence-corrected chi connectivity index (χ2v) is 3.30. The van der Waals surface area contributed by atoms with Crippen LogP contribution in [0.1, 0.15) is 25.3 Å². The van der Waals surface area contributed by atoms with Crippen LogP contribution in [-0.2, 0) is 9.59 Å². The third-order valence-electron chi connectivity index (χ3n) is 1.97. The van der Waals surface area contributed by atoms with Crippen molar-refractivity contribution in [2.45, 2.75) is 19.8 Å². The molecule has 4 nitrogen and oxygen atoms in total. The molecule has 0 bridgehead atoms. The second kappa shape index (κ2) is 5.01. The zero-order valence-corrected chi connectivity index (χ0v) is 8.52. The van der Waals surface area contributed by atoms with Crippen molar-refractivity contribution in [1.29, 1.82) is 0 Å². The highest BCUT2D eigenvalue weighted by atomic mass is 16.1. The van der Waals surface area contributed by atoms with E-state index in [0.717, 1.165) is 5.56 Å². The van der Waals surface area contributed by atoms with Crippen molar-refractivity contribution in [2.24, 2.45) is 9.98 Å². The SMILES string of the molecule is CC(C)c1cc(N=C=O)ccc1N=C=O. The van der Waals surface area contributed by atoms with Gasteiger partial charge in [-0.25, -0.2) is 9.59 Å². The van der Waals surface area contributed by atoms with Crippen molar-refractivity contribution >= 4 is 23.5 Å². The van der Waals surface area contributed by atoms with Crippen molar-refractivity contribution in [2.75, 3.05) is 0 Å². The molecule has 1 aromatic carbocycles. The van der Waals surface area contributed by atoms with Gasteiger partial charge in [0, 0.05) is 0 Å². The summed E-state index contributed by atoms with van der Waals surface area (Å²) in [5.41, 5.74) is 1.93. The third-order valence-corrected chi connectivity index (χ3v) is 1.97. The minimum Gasteiger partial charge on any atom is -0.211 e. The molecule has 0 radical (unpaired) electrons. The van der Waals surface area contributed by atoms with E-state index >= 15 is 0 Å². The van der Waals surface area contributed by atoms with Gasteiger partial charge in [0.15, 0.2) is 0 Å². The number of benzene rings is 1. The zero-order chi connectivity index (χ0) is 11.3. The molecule has 0 aliphatic heterocycles. The first-order valence-electron chi connectivity index (χ1n) is 4.48. The number of carbonyl (C=O) groups excluding carboxylic acids is 2. The monoisotopic (exact) mass is 202 g/mol. The Morgan fingerprint density at radius 1 is 1.13 bits per heavy atom. The highest BCUT2D eigenvalue weighted by Crippen LogP contribution is 2.30. The van der Waals surface area contributed by atoms with E-state index in [-0.39, 0.29) is 5.92 Å². The lowest BCUT2D eigenvalue weighted by molar-refractivity contribution is 0.564. The molecule has 4 heteroatoms. The van der Waals surface area contributed by atoms with Gasteiger partial charge in [-0.2, -0.15) is 9.98 Å². The Kier molecular flexibility index (Phi) is 3.69. The molecule has 0 N–H and O–H groups in total. The first kappa shape index (κ1) is 11.1. The Labute approximate surface area is 87.4 Å². The van der Waals surface area contributed by atoms with Crippen LogP contribution in [0.5, 0.6) is 0 Å². The van der Waals surface area contributed by atoms with Crippen LogP contribution >= 0.6 is 0 Å². The highest BCUT2D eigenvalue weighted by Gasteiger charge is 2.06. The van der Waals surface area contributed by atoms with Gasteiger partial charge in [0.2, 0.25) is 12.2 Å². The summed E-state index contributed by atoms with van der Waals surface area (Å²) < 4.78 is 0. The lowest BCUT2D eigenvalue weighted by Crippen LogP contribution is -1.87. The van der Waals surface area contributed by atoms with Crippen molar-refractivity contribution in [3.63, 3.8) is 0 Å². The summed E-state index contributed by atoms with van der Waals surface area (Å²) in [6.45, 7) is 3.93. The zero-order valence-electron chi connectivity index (χ0n) is 8.52. The van der Waals surface area contributed by atoms with Gasteiger partial charge >= 0.3 is 0 Å². The van der Waals surface area contributed by atoms with Crippen LogP contribution in [0.15, 0.2) is 28.2 Å². The maximum atomic E-state index is 10.2. The quantitative estimate of drug-likeness (QED) is 0.559. The number of hydrogen-bond donors (Lipinski definition) is 0. The lowest BCUT2D eigenvalue weighted by atomic mass is 10.0. The Morgan fingerprint density at radius 2 is 1.80 bits per heavy atom. The van der Waals surface area contributed by atoms with E-state index in [1.54, 1.807) is 18.2 Å². The molecule has 0 atom stereocenters. The summed E-state index contributed by atoms with van der Waals surface area (Å²) in [5, 5.41) is 0.